The highest BCUT2D eigenvalue weighted by Crippen LogP contribution is 2.28. The first-order chi connectivity index (χ1) is 6.20. The van der Waals surface area contributed by atoms with Crippen molar-refractivity contribution < 1.29 is 14.0 Å². The van der Waals surface area contributed by atoms with Crippen LogP contribution in [0, 0.1) is 5.82 Å². The van der Waals surface area contributed by atoms with Gasteiger partial charge in [-0.1, -0.05) is 6.07 Å². The molecule has 2 N–H and O–H groups in total. The molecule has 0 radical (unpaired) electrons. The first-order valence-corrected chi connectivity index (χ1v) is 4.32. The SMILES string of the molecule is COc1c(CON)ccc(Br)c1F. The summed E-state index contributed by atoms with van der Waals surface area (Å²) in [6.07, 6.45) is 0. The monoisotopic (exact) mass is 249 g/mol. The largest absolute Gasteiger partial charge is 0.493 e. The van der Waals surface area contributed by atoms with Gasteiger partial charge in [0, 0.05) is 5.56 Å². The molecule has 0 spiro atoms. The molecule has 0 aromatic heterocycles. The van der Waals surface area contributed by atoms with E-state index in [4.69, 9.17) is 10.6 Å². The smallest absolute Gasteiger partial charge is 0.179 e. The molecule has 1 aromatic carbocycles. The number of hydrogen-bond acceptors (Lipinski definition) is 3. The second kappa shape index (κ2) is 4.55. The molecular weight excluding hydrogens is 241 g/mol. The van der Waals surface area contributed by atoms with Gasteiger partial charge < -0.3 is 4.74 Å². The quantitative estimate of drug-likeness (QED) is 0.834. The average Bonchev–Trinajstić information content (AvgIpc) is 2.12. The molecule has 0 atom stereocenters. The van der Waals surface area contributed by atoms with E-state index in [2.05, 4.69) is 20.8 Å². The molecule has 1 rings (SSSR count). The van der Waals surface area contributed by atoms with Crippen molar-refractivity contribution >= 4 is 15.9 Å². The van der Waals surface area contributed by atoms with Gasteiger partial charge in [-0.2, -0.15) is 0 Å². The van der Waals surface area contributed by atoms with Gasteiger partial charge >= 0.3 is 0 Å². The zero-order valence-corrected chi connectivity index (χ0v) is 8.60. The molecule has 1 aromatic rings. The van der Waals surface area contributed by atoms with Crippen molar-refractivity contribution in [1.82, 2.24) is 0 Å². The molecule has 13 heavy (non-hydrogen) atoms. The number of ether oxygens (including phenoxy) is 1. The summed E-state index contributed by atoms with van der Waals surface area (Å²) in [4.78, 5) is 4.40. The highest BCUT2D eigenvalue weighted by molar-refractivity contribution is 9.10. The number of halogens is 2. The van der Waals surface area contributed by atoms with E-state index in [1.165, 1.54) is 7.11 Å². The second-order valence-electron chi connectivity index (χ2n) is 2.36. The van der Waals surface area contributed by atoms with Gasteiger partial charge in [-0.15, -0.1) is 0 Å². The van der Waals surface area contributed by atoms with Gasteiger partial charge in [0.1, 0.15) is 0 Å². The van der Waals surface area contributed by atoms with Crippen molar-refractivity contribution in [3.05, 3.63) is 28.0 Å². The molecule has 3 nitrogen and oxygen atoms in total. The number of rotatable bonds is 3. The van der Waals surface area contributed by atoms with Crippen molar-refractivity contribution in [2.45, 2.75) is 6.61 Å². The third kappa shape index (κ3) is 2.18. The van der Waals surface area contributed by atoms with E-state index in [0.717, 1.165) is 0 Å². The zero-order valence-electron chi connectivity index (χ0n) is 7.01. The Morgan fingerprint density at radius 3 is 2.77 bits per heavy atom. The topological polar surface area (TPSA) is 44.5 Å². The summed E-state index contributed by atoms with van der Waals surface area (Å²) >= 11 is 3.05. The molecule has 0 aliphatic carbocycles. The Morgan fingerprint density at radius 1 is 1.54 bits per heavy atom. The van der Waals surface area contributed by atoms with Gasteiger partial charge in [0.25, 0.3) is 0 Å². The van der Waals surface area contributed by atoms with Crippen LogP contribution in [0.3, 0.4) is 0 Å². The van der Waals surface area contributed by atoms with Crippen molar-refractivity contribution in [2.24, 2.45) is 5.90 Å². The van der Waals surface area contributed by atoms with Crippen LogP contribution in [0.25, 0.3) is 0 Å². The molecule has 0 amide bonds. The minimum atomic E-state index is -0.447. The number of hydrogen-bond donors (Lipinski definition) is 1. The number of methoxy groups -OCH3 is 1. The maximum Gasteiger partial charge on any atom is 0.179 e. The maximum atomic E-state index is 13.3. The minimum Gasteiger partial charge on any atom is -0.493 e. The summed E-state index contributed by atoms with van der Waals surface area (Å²) in [7, 11) is 1.39. The van der Waals surface area contributed by atoms with E-state index < -0.39 is 5.82 Å². The Kier molecular flexibility index (Phi) is 3.65. The molecular formula is C8H9BrFNO2. The van der Waals surface area contributed by atoms with E-state index in [9.17, 15) is 4.39 Å². The summed E-state index contributed by atoms with van der Waals surface area (Å²) in [6.45, 7) is 0.118. The Hall–Kier alpha value is -0.650. The molecule has 0 aliphatic heterocycles. The molecule has 0 saturated heterocycles. The van der Waals surface area contributed by atoms with Crippen LogP contribution >= 0.6 is 15.9 Å². The van der Waals surface area contributed by atoms with Crippen LogP contribution in [0.1, 0.15) is 5.56 Å². The number of benzene rings is 1. The Bertz CT molecular complexity index is 306. The summed E-state index contributed by atoms with van der Waals surface area (Å²) < 4.78 is 18.5. The maximum absolute atomic E-state index is 13.3. The van der Waals surface area contributed by atoms with Crippen molar-refractivity contribution in [3.63, 3.8) is 0 Å². The van der Waals surface area contributed by atoms with Crippen LogP contribution < -0.4 is 10.6 Å². The molecule has 0 bridgehead atoms. The lowest BCUT2D eigenvalue weighted by molar-refractivity contribution is 0.121. The second-order valence-corrected chi connectivity index (χ2v) is 3.22. The molecule has 0 aliphatic rings. The summed E-state index contributed by atoms with van der Waals surface area (Å²) in [5, 5.41) is 0. The highest BCUT2D eigenvalue weighted by atomic mass is 79.9. The average molecular weight is 250 g/mol. The molecule has 0 heterocycles. The summed E-state index contributed by atoms with van der Waals surface area (Å²) in [5.41, 5.74) is 0.575. The Balaban J connectivity index is 3.13. The fourth-order valence-corrected chi connectivity index (χ4v) is 1.31. The third-order valence-corrected chi connectivity index (χ3v) is 2.19. The van der Waals surface area contributed by atoms with E-state index in [0.29, 0.717) is 10.0 Å². The molecule has 0 fully saturated rings. The first kappa shape index (κ1) is 10.4. The predicted octanol–water partition coefficient (Wildman–Crippen LogP) is 1.99. The molecule has 0 unspecified atom stereocenters. The van der Waals surface area contributed by atoms with Crippen molar-refractivity contribution in [2.75, 3.05) is 7.11 Å². The van der Waals surface area contributed by atoms with Crippen LogP contribution in [0.5, 0.6) is 5.75 Å². The van der Waals surface area contributed by atoms with Crippen molar-refractivity contribution in [3.8, 4) is 5.75 Å². The van der Waals surface area contributed by atoms with Gasteiger partial charge in [0.05, 0.1) is 18.2 Å². The van der Waals surface area contributed by atoms with Gasteiger partial charge in [-0.3, -0.25) is 4.84 Å². The van der Waals surface area contributed by atoms with Gasteiger partial charge in [0.15, 0.2) is 11.6 Å². The predicted molar refractivity (Wildman–Crippen MR) is 49.6 cm³/mol. The summed E-state index contributed by atoms with van der Waals surface area (Å²) in [5.74, 6) is 4.59. The highest BCUT2D eigenvalue weighted by Gasteiger charge is 2.12. The normalized spacial score (nSPS) is 10.2. The lowest BCUT2D eigenvalue weighted by Crippen LogP contribution is -2.02. The standard InChI is InChI=1S/C8H9BrFNO2/c1-12-8-5(4-13-11)2-3-6(9)7(8)10/h2-3H,4,11H2,1H3. The molecule has 72 valence electrons. The van der Waals surface area contributed by atoms with Gasteiger partial charge in [-0.25, -0.2) is 10.3 Å². The van der Waals surface area contributed by atoms with Crippen molar-refractivity contribution in [1.29, 1.82) is 0 Å². The van der Waals surface area contributed by atoms with Crippen LogP contribution in [-0.2, 0) is 11.4 Å². The van der Waals surface area contributed by atoms with Crippen LogP contribution in [-0.4, -0.2) is 7.11 Å². The first-order valence-electron chi connectivity index (χ1n) is 3.53. The summed E-state index contributed by atoms with van der Waals surface area (Å²) in [6, 6.07) is 3.26. The van der Waals surface area contributed by atoms with Gasteiger partial charge in [0.2, 0.25) is 0 Å². The van der Waals surface area contributed by atoms with E-state index >= 15 is 0 Å². The fraction of sp³-hybridized carbons (Fsp3) is 0.250. The van der Waals surface area contributed by atoms with E-state index in [-0.39, 0.29) is 12.4 Å². The Morgan fingerprint density at radius 2 is 2.23 bits per heavy atom. The lowest BCUT2D eigenvalue weighted by Gasteiger charge is -2.08. The Labute approximate surface area is 83.7 Å². The van der Waals surface area contributed by atoms with Crippen LogP contribution in [0.4, 0.5) is 4.39 Å². The van der Waals surface area contributed by atoms with Crippen LogP contribution in [0.2, 0.25) is 0 Å². The molecule has 5 heteroatoms. The minimum absolute atomic E-state index is 0.118. The van der Waals surface area contributed by atoms with Gasteiger partial charge in [-0.05, 0) is 22.0 Å². The fourth-order valence-electron chi connectivity index (χ4n) is 0.996. The molecule has 0 saturated carbocycles. The number of nitrogens with two attached hydrogens (primary N) is 1. The third-order valence-electron chi connectivity index (χ3n) is 1.57. The van der Waals surface area contributed by atoms with E-state index in [1.807, 2.05) is 0 Å². The van der Waals surface area contributed by atoms with E-state index in [1.54, 1.807) is 12.1 Å². The zero-order chi connectivity index (χ0) is 9.84. The lowest BCUT2D eigenvalue weighted by atomic mass is 10.2. The van der Waals surface area contributed by atoms with Crippen LogP contribution in [0.15, 0.2) is 16.6 Å².